The summed E-state index contributed by atoms with van der Waals surface area (Å²) in [6, 6.07) is 9.85. The number of nitrogens with one attached hydrogen (secondary N) is 2. The number of hydrogen-bond acceptors (Lipinski definition) is 2. The number of fused-ring (bicyclic) bond motifs is 1. The molecular formula is C19H26N4O. The van der Waals surface area contributed by atoms with Crippen molar-refractivity contribution < 1.29 is 4.79 Å². The van der Waals surface area contributed by atoms with E-state index in [1.54, 1.807) is 0 Å². The average molecular weight is 326 g/mol. The lowest BCUT2D eigenvalue weighted by molar-refractivity contribution is 0.235. The zero-order valence-electron chi connectivity index (χ0n) is 14.7. The van der Waals surface area contributed by atoms with Crippen LogP contribution in [0.1, 0.15) is 56.5 Å². The van der Waals surface area contributed by atoms with E-state index in [1.807, 2.05) is 36.5 Å². The minimum atomic E-state index is -0.125. The Morgan fingerprint density at radius 1 is 1.29 bits per heavy atom. The van der Waals surface area contributed by atoms with Crippen LogP contribution in [0.25, 0.3) is 0 Å². The molecule has 0 saturated heterocycles. The van der Waals surface area contributed by atoms with Gasteiger partial charge in [-0.25, -0.2) is 4.79 Å². The number of carbonyl (C=O) groups is 1. The minimum absolute atomic E-state index is 0.0367. The zero-order chi connectivity index (χ0) is 17.2. The van der Waals surface area contributed by atoms with E-state index in [2.05, 4.69) is 41.2 Å². The highest BCUT2D eigenvalue weighted by Crippen LogP contribution is 2.32. The van der Waals surface area contributed by atoms with Crippen molar-refractivity contribution in [3.05, 3.63) is 53.3 Å². The largest absolute Gasteiger partial charge is 0.334 e. The molecule has 5 heteroatoms. The van der Waals surface area contributed by atoms with Gasteiger partial charge in [0.1, 0.15) is 0 Å². The summed E-state index contributed by atoms with van der Waals surface area (Å²) in [7, 11) is 0. The molecule has 2 N–H and O–H groups in total. The third-order valence-corrected chi connectivity index (χ3v) is 4.42. The zero-order valence-corrected chi connectivity index (χ0v) is 14.7. The molecule has 0 aliphatic heterocycles. The normalized spacial score (nSPS) is 17.2. The van der Waals surface area contributed by atoms with Crippen molar-refractivity contribution in [3.63, 3.8) is 0 Å². The van der Waals surface area contributed by atoms with Crippen molar-refractivity contribution in [3.8, 4) is 0 Å². The van der Waals surface area contributed by atoms with E-state index in [-0.39, 0.29) is 17.6 Å². The number of aromatic nitrogens is 2. The summed E-state index contributed by atoms with van der Waals surface area (Å²) >= 11 is 0. The standard InChI is InChI=1S/C19H26N4O/c1-19(2,3)23-17-11-7-10-16(15(17)13-21-23)22-18(24)20-12-14-8-5-4-6-9-14/h4-6,8-9,13,16H,7,10-12H2,1-3H3,(H2,20,22,24)/t16-/m1/s1. The highest BCUT2D eigenvalue weighted by Gasteiger charge is 2.28. The topological polar surface area (TPSA) is 59.0 Å². The first-order valence-corrected chi connectivity index (χ1v) is 8.61. The lowest BCUT2D eigenvalue weighted by Crippen LogP contribution is -2.39. The van der Waals surface area contributed by atoms with Crippen molar-refractivity contribution in [1.82, 2.24) is 20.4 Å². The number of carbonyl (C=O) groups excluding carboxylic acids is 1. The van der Waals surface area contributed by atoms with Gasteiger partial charge in [0.15, 0.2) is 0 Å². The molecule has 128 valence electrons. The van der Waals surface area contributed by atoms with Crippen LogP contribution < -0.4 is 10.6 Å². The molecule has 1 aliphatic rings. The van der Waals surface area contributed by atoms with Crippen LogP contribution in [-0.4, -0.2) is 15.8 Å². The molecule has 0 unspecified atom stereocenters. The van der Waals surface area contributed by atoms with Gasteiger partial charge in [-0.15, -0.1) is 0 Å². The van der Waals surface area contributed by atoms with Gasteiger partial charge in [-0.3, -0.25) is 4.68 Å². The highest BCUT2D eigenvalue weighted by molar-refractivity contribution is 5.74. The molecule has 1 atom stereocenters. The SMILES string of the molecule is CC(C)(C)n1ncc2c1CCC[C@H]2NC(=O)NCc1ccccc1. The molecule has 5 nitrogen and oxygen atoms in total. The third-order valence-electron chi connectivity index (χ3n) is 4.42. The molecule has 1 aromatic carbocycles. The number of nitrogens with zero attached hydrogens (tertiary/aromatic N) is 2. The van der Waals surface area contributed by atoms with Gasteiger partial charge in [0.2, 0.25) is 0 Å². The smallest absolute Gasteiger partial charge is 0.315 e. The fraction of sp³-hybridized carbons (Fsp3) is 0.474. The summed E-state index contributed by atoms with van der Waals surface area (Å²) in [4.78, 5) is 12.2. The molecule has 2 amide bonds. The van der Waals surface area contributed by atoms with Gasteiger partial charge in [0.05, 0.1) is 17.8 Å². The minimum Gasteiger partial charge on any atom is -0.334 e. The molecule has 0 saturated carbocycles. The maximum Gasteiger partial charge on any atom is 0.315 e. The molecule has 2 aromatic rings. The molecule has 1 aliphatic carbocycles. The second-order valence-corrected chi connectivity index (χ2v) is 7.39. The molecule has 3 rings (SSSR count). The number of rotatable bonds is 3. The third kappa shape index (κ3) is 3.61. The van der Waals surface area contributed by atoms with E-state index in [1.165, 1.54) is 5.69 Å². The Morgan fingerprint density at radius 3 is 2.75 bits per heavy atom. The summed E-state index contributed by atoms with van der Waals surface area (Å²) in [6.07, 6.45) is 4.97. The lowest BCUT2D eigenvalue weighted by Gasteiger charge is -2.28. The summed E-state index contributed by atoms with van der Waals surface area (Å²) < 4.78 is 2.10. The van der Waals surface area contributed by atoms with Crippen LogP contribution in [-0.2, 0) is 18.5 Å². The predicted octanol–water partition coefficient (Wildman–Crippen LogP) is 3.51. The van der Waals surface area contributed by atoms with Gasteiger partial charge in [0.25, 0.3) is 0 Å². The lowest BCUT2D eigenvalue weighted by atomic mass is 9.92. The number of amides is 2. The van der Waals surface area contributed by atoms with Gasteiger partial charge in [-0.1, -0.05) is 30.3 Å². The summed E-state index contributed by atoms with van der Waals surface area (Å²) in [5.41, 5.74) is 3.47. The second kappa shape index (κ2) is 6.67. The summed E-state index contributed by atoms with van der Waals surface area (Å²) in [5.74, 6) is 0. The molecule has 1 aromatic heterocycles. The van der Waals surface area contributed by atoms with Crippen molar-refractivity contribution in [2.24, 2.45) is 0 Å². The molecule has 0 fully saturated rings. The highest BCUT2D eigenvalue weighted by atomic mass is 16.2. The van der Waals surface area contributed by atoms with Gasteiger partial charge < -0.3 is 10.6 Å². The second-order valence-electron chi connectivity index (χ2n) is 7.39. The van der Waals surface area contributed by atoms with Crippen molar-refractivity contribution in [1.29, 1.82) is 0 Å². The van der Waals surface area contributed by atoms with E-state index in [4.69, 9.17) is 0 Å². The number of hydrogen-bond donors (Lipinski definition) is 2. The van der Waals surface area contributed by atoms with Crippen molar-refractivity contribution >= 4 is 6.03 Å². The van der Waals surface area contributed by atoms with E-state index in [9.17, 15) is 4.79 Å². The van der Waals surface area contributed by atoms with E-state index in [0.717, 1.165) is 30.4 Å². The van der Waals surface area contributed by atoms with Gasteiger partial charge in [-0.2, -0.15) is 5.10 Å². The number of benzene rings is 1. The Bertz CT molecular complexity index is 700. The van der Waals surface area contributed by atoms with Crippen LogP contribution in [0.5, 0.6) is 0 Å². The summed E-state index contributed by atoms with van der Waals surface area (Å²) in [6.45, 7) is 7.01. The van der Waals surface area contributed by atoms with Crippen molar-refractivity contribution in [2.45, 2.75) is 58.2 Å². The first-order valence-electron chi connectivity index (χ1n) is 8.61. The molecule has 0 bridgehead atoms. The van der Waals surface area contributed by atoms with Gasteiger partial charge in [0, 0.05) is 17.8 Å². The fourth-order valence-electron chi connectivity index (χ4n) is 3.27. The number of urea groups is 1. The first kappa shape index (κ1) is 16.6. The molecule has 24 heavy (non-hydrogen) atoms. The quantitative estimate of drug-likeness (QED) is 0.907. The van der Waals surface area contributed by atoms with Crippen LogP contribution >= 0.6 is 0 Å². The average Bonchev–Trinajstić information content (AvgIpc) is 2.99. The Kier molecular flexibility index (Phi) is 4.60. The monoisotopic (exact) mass is 326 g/mol. The Morgan fingerprint density at radius 2 is 2.04 bits per heavy atom. The fourth-order valence-corrected chi connectivity index (χ4v) is 3.27. The maximum atomic E-state index is 12.2. The Hall–Kier alpha value is -2.30. The van der Waals surface area contributed by atoms with Crippen LogP contribution in [0, 0.1) is 0 Å². The van der Waals surface area contributed by atoms with Gasteiger partial charge in [-0.05, 0) is 45.6 Å². The summed E-state index contributed by atoms with van der Waals surface area (Å²) in [5, 5.41) is 10.6. The Labute approximate surface area is 143 Å². The molecule has 0 radical (unpaired) electrons. The maximum absolute atomic E-state index is 12.2. The first-order chi connectivity index (χ1) is 11.4. The van der Waals surface area contributed by atoms with Crippen molar-refractivity contribution in [2.75, 3.05) is 0 Å². The van der Waals surface area contributed by atoms with Crippen LogP contribution in [0.3, 0.4) is 0 Å². The Balaban J connectivity index is 1.65. The molecule has 0 spiro atoms. The van der Waals surface area contributed by atoms with E-state index < -0.39 is 0 Å². The van der Waals surface area contributed by atoms with Crippen LogP contribution in [0.15, 0.2) is 36.5 Å². The van der Waals surface area contributed by atoms with Crippen LogP contribution in [0.2, 0.25) is 0 Å². The van der Waals surface area contributed by atoms with Crippen LogP contribution in [0.4, 0.5) is 4.79 Å². The molecule has 1 heterocycles. The van der Waals surface area contributed by atoms with Gasteiger partial charge >= 0.3 is 6.03 Å². The predicted molar refractivity (Wildman–Crippen MR) is 94.7 cm³/mol. The molecular weight excluding hydrogens is 300 g/mol. The van der Waals surface area contributed by atoms with E-state index >= 15 is 0 Å². The van der Waals surface area contributed by atoms with E-state index in [0.29, 0.717) is 6.54 Å².